The monoisotopic (exact) mass is 483 g/mol. The van der Waals surface area contributed by atoms with E-state index < -0.39 is 0 Å². The van der Waals surface area contributed by atoms with Crippen molar-refractivity contribution < 1.29 is 19.1 Å². The second-order valence-corrected chi connectivity index (χ2v) is 7.94. The number of hydrogen-bond acceptors (Lipinski definition) is 9. The molecule has 0 aromatic heterocycles. The minimum Gasteiger partial charge on any atom is -0.388 e. The van der Waals surface area contributed by atoms with E-state index in [0.29, 0.717) is 30.6 Å². The molecule has 0 unspecified atom stereocenters. The van der Waals surface area contributed by atoms with Crippen LogP contribution in [0.4, 0.5) is 5.69 Å². The van der Waals surface area contributed by atoms with Crippen molar-refractivity contribution >= 4 is 24.0 Å². The number of anilines is 1. The Balaban J connectivity index is 0.000000406. The summed E-state index contributed by atoms with van der Waals surface area (Å²) in [6.45, 7) is 10.0. The summed E-state index contributed by atoms with van der Waals surface area (Å²) in [4.78, 5) is 28.9. The smallest absolute Gasteiger partial charge is 0.149 e. The van der Waals surface area contributed by atoms with Crippen molar-refractivity contribution in [2.45, 2.75) is 13.0 Å². The van der Waals surface area contributed by atoms with Crippen LogP contribution in [0.25, 0.3) is 0 Å². The van der Waals surface area contributed by atoms with E-state index in [4.69, 9.17) is 19.3 Å². The van der Waals surface area contributed by atoms with Crippen LogP contribution in [-0.2, 0) is 19.1 Å². The van der Waals surface area contributed by atoms with E-state index in [0.717, 1.165) is 61.7 Å². The third-order valence-electron chi connectivity index (χ3n) is 5.48. The number of likely N-dealkylation sites (N-methyl/N-ethyl adjacent to an activating group) is 1. The van der Waals surface area contributed by atoms with Crippen LogP contribution in [0.5, 0.6) is 0 Å². The van der Waals surface area contributed by atoms with Gasteiger partial charge in [-0.25, -0.2) is 4.99 Å². The molecule has 0 radical (unpaired) electrons. The lowest BCUT2D eigenvalue weighted by atomic mass is 10.1. The molecule has 3 heterocycles. The Morgan fingerprint density at radius 2 is 1.86 bits per heavy atom. The van der Waals surface area contributed by atoms with Gasteiger partial charge in [-0.2, -0.15) is 0 Å². The number of morpholine rings is 1. The van der Waals surface area contributed by atoms with E-state index in [-0.39, 0.29) is 0 Å². The molecule has 0 bridgehead atoms. The van der Waals surface area contributed by atoms with E-state index >= 15 is 0 Å². The molecule has 2 N–H and O–H groups in total. The molecule has 0 saturated carbocycles. The van der Waals surface area contributed by atoms with E-state index in [1.165, 1.54) is 6.92 Å². The van der Waals surface area contributed by atoms with Crippen molar-refractivity contribution in [1.29, 1.82) is 0 Å². The topological polar surface area (TPSA) is 95.5 Å². The van der Waals surface area contributed by atoms with E-state index in [2.05, 4.69) is 34.3 Å². The van der Waals surface area contributed by atoms with Crippen molar-refractivity contribution in [3.8, 4) is 0 Å². The van der Waals surface area contributed by atoms with Crippen molar-refractivity contribution in [2.24, 2.45) is 4.99 Å². The van der Waals surface area contributed by atoms with Crippen LogP contribution in [0, 0.1) is 0 Å². The number of nitrogens with zero attached hydrogens (tertiary/aromatic N) is 3. The quantitative estimate of drug-likeness (QED) is 0.469. The Labute approximate surface area is 208 Å². The van der Waals surface area contributed by atoms with Gasteiger partial charge >= 0.3 is 0 Å². The first-order valence-electron chi connectivity index (χ1n) is 11.6. The van der Waals surface area contributed by atoms with Gasteiger partial charge in [0.1, 0.15) is 24.2 Å². The highest BCUT2D eigenvalue weighted by molar-refractivity contribution is 6.10. The van der Waals surface area contributed by atoms with Crippen LogP contribution in [0.3, 0.4) is 0 Å². The second kappa shape index (κ2) is 14.9. The molecule has 2 fully saturated rings. The van der Waals surface area contributed by atoms with Gasteiger partial charge in [-0.15, -0.1) is 0 Å². The van der Waals surface area contributed by atoms with Gasteiger partial charge in [-0.05, 0) is 32.2 Å². The molecule has 0 spiro atoms. The average molecular weight is 484 g/mol. The molecule has 190 valence electrons. The third-order valence-corrected chi connectivity index (χ3v) is 5.48. The van der Waals surface area contributed by atoms with E-state index in [1.807, 2.05) is 44.2 Å². The number of aliphatic imine (C=N–C) groups is 1. The normalized spacial score (nSPS) is 18.6. The molecule has 1 aromatic carbocycles. The predicted molar refractivity (Wildman–Crippen MR) is 139 cm³/mol. The van der Waals surface area contributed by atoms with Crippen LogP contribution < -0.4 is 10.6 Å². The standard InChI is InChI=1S/C20H24N4O2.C4H9NO.C2H4O/c1-15(14-25)11-19-22-18(16-5-4-6-17(12-16)21-2)13-20(23(19)3)24-7-9-26-10-8-24;1-5-4-2-6-3-4;1-2-3/h4-6,11-14,21H,1,7-10H2,2-3H3;4-5H,2-3H2,1H3;2H,1H3/b19-11-;;. The summed E-state index contributed by atoms with van der Waals surface area (Å²) in [6.07, 6.45) is 5.29. The lowest BCUT2D eigenvalue weighted by Gasteiger charge is -2.38. The maximum absolute atomic E-state index is 11.0. The Morgan fingerprint density at radius 3 is 2.37 bits per heavy atom. The number of benzene rings is 1. The van der Waals surface area contributed by atoms with Crippen molar-refractivity contribution in [1.82, 2.24) is 15.1 Å². The van der Waals surface area contributed by atoms with Gasteiger partial charge in [0.05, 0.1) is 38.2 Å². The lowest BCUT2D eigenvalue weighted by Crippen LogP contribution is -2.43. The van der Waals surface area contributed by atoms with Crippen LogP contribution in [0.2, 0.25) is 0 Å². The lowest BCUT2D eigenvalue weighted by molar-refractivity contribution is -0.106. The first-order valence-corrected chi connectivity index (χ1v) is 11.6. The summed E-state index contributed by atoms with van der Waals surface area (Å²) in [5.74, 6) is 1.73. The summed E-state index contributed by atoms with van der Waals surface area (Å²) in [7, 11) is 5.80. The fraction of sp³-hybridized carbons (Fsp3) is 0.423. The van der Waals surface area contributed by atoms with Crippen molar-refractivity contribution in [3.63, 3.8) is 0 Å². The SMILES string of the molecule is C=C(C=O)/C=C1/N=C(c2cccc(NC)c2)C=C(N2CCOCC2)N1C.CC=O.CNC1COC1. The van der Waals surface area contributed by atoms with Gasteiger partial charge in [-0.1, -0.05) is 18.7 Å². The highest BCUT2D eigenvalue weighted by Gasteiger charge is 2.24. The molecule has 9 heteroatoms. The maximum atomic E-state index is 11.0. The molecular weight excluding hydrogens is 446 g/mol. The highest BCUT2D eigenvalue weighted by atomic mass is 16.5. The molecule has 1 aromatic rings. The minimum atomic E-state index is 0.391. The number of allylic oxidation sites excluding steroid dienone is 3. The van der Waals surface area contributed by atoms with Crippen LogP contribution in [0.15, 0.2) is 65.2 Å². The molecule has 3 aliphatic rings. The fourth-order valence-corrected chi connectivity index (χ4v) is 3.38. The first-order chi connectivity index (χ1) is 17.0. The molecule has 4 rings (SSSR count). The number of carbonyl (C=O) groups excluding carboxylic acids is 2. The van der Waals surface area contributed by atoms with Gasteiger partial charge < -0.3 is 34.7 Å². The Kier molecular flexibility index (Phi) is 11.9. The molecular formula is C26H37N5O4. The Hall–Kier alpha value is -3.27. The number of ether oxygens (including phenoxy) is 2. The maximum Gasteiger partial charge on any atom is 0.149 e. The fourth-order valence-electron chi connectivity index (χ4n) is 3.38. The van der Waals surface area contributed by atoms with Gasteiger partial charge in [0, 0.05) is 50.1 Å². The third kappa shape index (κ3) is 8.47. The zero-order valence-corrected chi connectivity index (χ0v) is 21.1. The van der Waals surface area contributed by atoms with Gasteiger partial charge in [0.25, 0.3) is 0 Å². The molecule has 0 atom stereocenters. The molecule has 0 aliphatic carbocycles. The number of carbonyl (C=O) groups is 2. The van der Waals surface area contributed by atoms with Crippen LogP contribution in [-0.4, -0.2) is 94.8 Å². The van der Waals surface area contributed by atoms with E-state index in [1.54, 1.807) is 6.08 Å². The number of rotatable bonds is 6. The summed E-state index contributed by atoms with van der Waals surface area (Å²) in [5, 5.41) is 6.23. The van der Waals surface area contributed by atoms with Gasteiger partial charge in [0.15, 0.2) is 0 Å². The molecule has 3 aliphatic heterocycles. The predicted octanol–water partition coefficient (Wildman–Crippen LogP) is 2.04. The summed E-state index contributed by atoms with van der Waals surface area (Å²) in [5.41, 5.74) is 3.28. The number of nitrogens with one attached hydrogen (secondary N) is 2. The molecule has 35 heavy (non-hydrogen) atoms. The second-order valence-electron chi connectivity index (χ2n) is 7.94. The molecule has 0 amide bonds. The zero-order valence-electron chi connectivity index (χ0n) is 21.1. The average Bonchev–Trinajstić information content (AvgIpc) is 2.86. The number of hydrogen-bond donors (Lipinski definition) is 2. The number of aldehydes is 2. The molecule has 2 saturated heterocycles. The summed E-state index contributed by atoms with van der Waals surface area (Å²) < 4.78 is 10.3. The summed E-state index contributed by atoms with van der Waals surface area (Å²) >= 11 is 0. The van der Waals surface area contributed by atoms with Crippen LogP contribution >= 0.6 is 0 Å². The Bertz CT molecular complexity index is 944. The van der Waals surface area contributed by atoms with Gasteiger partial charge in [0.2, 0.25) is 0 Å². The van der Waals surface area contributed by atoms with Gasteiger partial charge in [-0.3, -0.25) is 4.79 Å². The highest BCUT2D eigenvalue weighted by Crippen LogP contribution is 2.25. The largest absolute Gasteiger partial charge is 0.388 e. The van der Waals surface area contributed by atoms with Crippen LogP contribution in [0.1, 0.15) is 12.5 Å². The Morgan fingerprint density at radius 1 is 1.17 bits per heavy atom. The van der Waals surface area contributed by atoms with E-state index in [9.17, 15) is 4.79 Å². The summed E-state index contributed by atoms with van der Waals surface area (Å²) in [6, 6.07) is 8.74. The zero-order chi connectivity index (χ0) is 25.6. The molecule has 9 nitrogen and oxygen atoms in total. The minimum absolute atomic E-state index is 0.391. The van der Waals surface area contributed by atoms with Crippen molar-refractivity contribution in [3.05, 3.63) is 65.8 Å². The van der Waals surface area contributed by atoms with Crippen molar-refractivity contribution in [2.75, 3.05) is 66.0 Å². The first kappa shape index (κ1) is 28.0.